The zero-order valence-electron chi connectivity index (χ0n) is 12.8. The quantitative estimate of drug-likeness (QED) is 0.679. The van der Waals surface area contributed by atoms with E-state index in [2.05, 4.69) is 4.98 Å². The van der Waals surface area contributed by atoms with Crippen molar-refractivity contribution in [2.45, 2.75) is 19.3 Å². The minimum Gasteiger partial charge on any atom is -0.297 e. The van der Waals surface area contributed by atoms with Gasteiger partial charge < -0.3 is 0 Å². The molecule has 3 aromatic rings. The Labute approximate surface area is 135 Å². The van der Waals surface area contributed by atoms with Gasteiger partial charge in [-0.1, -0.05) is 31.2 Å². The lowest BCUT2D eigenvalue weighted by molar-refractivity contribution is -0.158. The van der Waals surface area contributed by atoms with Gasteiger partial charge in [-0.15, -0.1) is 0 Å². The highest BCUT2D eigenvalue weighted by Crippen LogP contribution is 2.39. The topological polar surface area (TPSA) is 54.7 Å². The summed E-state index contributed by atoms with van der Waals surface area (Å²) in [5.41, 5.74) is -0.757. The number of imide groups is 1. The molecule has 1 aliphatic heterocycles. The molecule has 0 bridgehead atoms. The number of aromatic nitrogens is 2. The maximum Gasteiger partial charge on any atom is 0.367 e. The second kappa shape index (κ2) is 4.83. The molecule has 5 nitrogen and oxygen atoms in total. The third kappa shape index (κ3) is 1.75. The van der Waals surface area contributed by atoms with E-state index >= 15 is 0 Å². The smallest absolute Gasteiger partial charge is 0.297 e. The average molecular weight is 329 g/mol. The summed E-state index contributed by atoms with van der Waals surface area (Å²) < 4.78 is 30.5. The Kier molecular flexibility index (Phi) is 2.97. The highest BCUT2D eigenvalue weighted by Gasteiger charge is 2.55. The fraction of sp³-hybridized carbons (Fsp3) is 0.235. The van der Waals surface area contributed by atoms with Gasteiger partial charge in [0.2, 0.25) is 0 Å². The molecule has 3 heterocycles. The predicted octanol–water partition coefficient (Wildman–Crippen LogP) is 2.97. The van der Waals surface area contributed by atoms with Gasteiger partial charge in [0.15, 0.2) is 5.69 Å². The number of carbonyl (C=O) groups excluding carboxylic acids is 2. The fourth-order valence-electron chi connectivity index (χ4n) is 3.14. The number of hydrogen-bond acceptors (Lipinski definition) is 3. The molecule has 0 aliphatic carbocycles. The van der Waals surface area contributed by atoms with Crippen LogP contribution in [0.1, 0.15) is 29.5 Å². The second-order valence-electron chi connectivity index (χ2n) is 5.74. The minimum absolute atomic E-state index is 0.0542. The van der Waals surface area contributed by atoms with Crippen molar-refractivity contribution in [3.8, 4) is 0 Å². The van der Waals surface area contributed by atoms with Crippen LogP contribution in [0, 0.1) is 0 Å². The molecule has 2 aromatic heterocycles. The van der Waals surface area contributed by atoms with Gasteiger partial charge in [-0.3, -0.25) is 18.9 Å². The Morgan fingerprint density at radius 2 is 1.92 bits per heavy atom. The number of rotatable bonds is 2. The van der Waals surface area contributed by atoms with E-state index in [1.807, 2.05) is 12.1 Å². The number of amides is 2. The number of nitrogens with zero attached hydrogens (tertiary/aromatic N) is 3. The van der Waals surface area contributed by atoms with Crippen molar-refractivity contribution in [1.82, 2.24) is 14.3 Å². The zero-order chi connectivity index (χ0) is 17.1. The van der Waals surface area contributed by atoms with Gasteiger partial charge in [0.1, 0.15) is 11.3 Å². The van der Waals surface area contributed by atoms with Crippen molar-refractivity contribution in [2.24, 2.45) is 0 Å². The van der Waals surface area contributed by atoms with Crippen molar-refractivity contribution in [1.29, 1.82) is 0 Å². The van der Waals surface area contributed by atoms with Crippen molar-refractivity contribution in [3.05, 3.63) is 47.9 Å². The Bertz CT molecular complexity index is 1010. The molecule has 1 aromatic carbocycles. The highest BCUT2D eigenvalue weighted by molar-refractivity contribution is 6.12. The normalized spacial score (nSPS) is 16.9. The third-order valence-electron chi connectivity index (χ3n) is 4.22. The average Bonchev–Trinajstić information content (AvgIpc) is 2.98. The number of halogens is 2. The van der Waals surface area contributed by atoms with Crippen LogP contribution >= 0.6 is 0 Å². The van der Waals surface area contributed by atoms with E-state index in [-0.39, 0.29) is 17.9 Å². The lowest BCUT2D eigenvalue weighted by Gasteiger charge is -2.29. The zero-order valence-corrected chi connectivity index (χ0v) is 12.8. The molecule has 4 rings (SSSR count). The highest BCUT2D eigenvalue weighted by atomic mass is 19.3. The summed E-state index contributed by atoms with van der Waals surface area (Å²) in [5, 5.41) is 1.47. The summed E-state index contributed by atoms with van der Waals surface area (Å²) in [6.45, 7) is 1.66. The van der Waals surface area contributed by atoms with Crippen LogP contribution in [0.2, 0.25) is 0 Å². The van der Waals surface area contributed by atoms with Crippen molar-refractivity contribution >= 4 is 28.2 Å². The molecule has 24 heavy (non-hydrogen) atoms. The molecule has 122 valence electrons. The summed E-state index contributed by atoms with van der Waals surface area (Å²) in [4.78, 5) is 29.4. The lowest BCUT2D eigenvalue weighted by Crippen LogP contribution is -2.51. The van der Waals surface area contributed by atoms with Gasteiger partial charge in [0.25, 0.3) is 5.91 Å². The van der Waals surface area contributed by atoms with Crippen LogP contribution in [-0.4, -0.2) is 32.6 Å². The molecule has 7 heteroatoms. The molecule has 0 saturated carbocycles. The maximum absolute atomic E-state index is 14.7. The first-order valence-electron chi connectivity index (χ1n) is 7.61. The van der Waals surface area contributed by atoms with Crippen LogP contribution in [0.15, 0.2) is 36.5 Å². The Morgan fingerprint density at radius 3 is 2.67 bits per heavy atom. The monoisotopic (exact) mass is 329 g/mol. The summed E-state index contributed by atoms with van der Waals surface area (Å²) >= 11 is 0. The first kappa shape index (κ1) is 14.7. The largest absolute Gasteiger partial charge is 0.367 e. The third-order valence-corrected chi connectivity index (χ3v) is 4.22. The minimum atomic E-state index is -3.79. The van der Waals surface area contributed by atoms with Gasteiger partial charge >= 0.3 is 11.8 Å². The van der Waals surface area contributed by atoms with Crippen molar-refractivity contribution in [2.75, 3.05) is 6.54 Å². The van der Waals surface area contributed by atoms with Crippen LogP contribution in [0.5, 0.6) is 0 Å². The molecule has 0 spiro atoms. The summed E-state index contributed by atoms with van der Waals surface area (Å²) in [5.74, 6) is -6.05. The number of imidazole rings is 1. The number of alkyl halides is 2. The van der Waals surface area contributed by atoms with Gasteiger partial charge in [-0.25, -0.2) is 4.98 Å². The SMILES string of the molecule is CCCN1C(=O)c2nc3c4ccccc4ccn3c2C(F)(F)C1=O. The van der Waals surface area contributed by atoms with Crippen LogP contribution in [-0.2, 0) is 10.7 Å². The van der Waals surface area contributed by atoms with Gasteiger partial charge in [0.05, 0.1) is 0 Å². The Hall–Kier alpha value is -2.83. The number of hydrogen-bond donors (Lipinski definition) is 0. The Balaban J connectivity index is 2.08. The first-order chi connectivity index (χ1) is 11.5. The predicted molar refractivity (Wildman–Crippen MR) is 82.9 cm³/mol. The second-order valence-corrected chi connectivity index (χ2v) is 5.74. The summed E-state index contributed by atoms with van der Waals surface area (Å²) in [6.07, 6.45) is 1.83. The van der Waals surface area contributed by atoms with Gasteiger partial charge in [-0.05, 0) is 17.9 Å². The van der Waals surface area contributed by atoms with E-state index in [0.717, 1.165) is 9.79 Å². The number of pyridine rings is 1. The van der Waals surface area contributed by atoms with Crippen LogP contribution in [0.25, 0.3) is 16.4 Å². The van der Waals surface area contributed by atoms with E-state index in [9.17, 15) is 18.4 Å². The standard InChI is InChI=1S/C17H13F2N3O2/c1-2-8-22-15(23)12-13(17(18,19)16(22)24)21-9-7-10-5-3-4-6-11(10)14(21)20-12/h3-7,9H,2,8H2,1H3. The van der Waals surface area contributed by atoms with Gasteiger partial charge in [-0.2, -0.15) is 8.78 Å². The summed E-state index contributed by atoms with van der Waals surface area (Å²) in [7, 11) is 0. The lowest BCUT2D eigenvalue weighted by atomic mass is 10.1. The molecular formula is C17H13F2N3O2. The molecule has 1 aliphatic rings. The van der Waals surface area contributed by atoms with Crippen molar-refractivity contribution in [3.63, 3.8) is 0 Å². The number of benzene rings is 1. The van der Waals surface area contributed by atoms with E-state index in [4.69, 9.17) is 0 Å². The van der Waals surface area contributed by atoms with Crippen molar-refractivity contribution < 1.29 is 18.4 Å². The molecule has 0 saturated heterocycles. The van der Waals surface area contributed by atoms with Crippen LogP contribution < -0.4 is 0 Å². The van der Waals surface area contributed by atoms with Crippen LogP contribution in [0.4, 0.5) is 8.78 Å². The van der Waals surface area contributed by atoms with Crippen LogP contribution in [0.3, 0.4) is 0 Å². The molecule has 0 fully saturated rings. The van der Waals surface area contributed by atoms with E-state index < -0.39 is 23.4 Å². The summed E-state index contributed by atoms with van der Waals surface area (Å²) in [6, 6.07) is 8.83. The molecule has 0 N–H and O–H groups in total. The number of carbonyl (C=O) groups is 2. The van der Waals surface area contributed by atoms with E-state index in [1.165, 1.54) is 6.20 Å². The van der Waals surface area contributed by atoms with Gasteiger partial charge in [0, 0.05) is 18.1 Å². The molecule has 0 radical (unpaired) electrons. The Morgan fingerprint density at radius 1 is 1.17 bits per heavy atom. The molecule has 0 unspecified atom stereocenters. The molecule has 0 atom stereocenters. The number of fused-ring (bicyclic) bond motifs is 5. The fourth-order valence-corrected chi connectivity index (χ4v) is 3.14. The molecular weight excluding hydrogens is 316 g/mol. The first-order valence-corrected chi connectivity index (χ1v) is 7.61. The molecule has 2 amide bonds. The maximum atomic E-state index is 14.7. The van der Waals surface area contributed by atoms with E-state index in [1.54, 1.807) is 25.1 Å². The van der Waals surface area contributed by atoms with E-state index in [0.29, 0.717) is 16.7 Å².